The molecule has 0 amide bonds. The number of para-hydroxylation sites is 1. The molecule has 1 rings (SSSR count). The molecule has 13 heavy (non-hydrogen) atoms. The first-order valence-corrected chi connectivity index (χ1v) is 5.14. The molecule has 1 radical (unpaired) electrons. The van der Waals surface area contributed by atoms with Gasteiger partial charge in [-0.05, 0) is 0 Å². The maximum Gasteiger partial charge on any atom is 0.190 e. The number of benzene rings is 1. The standard InChI is InChI=1S/C8H5Cl4O/c9-7(10)4-2-1-3-5(6(4)13)8(11)12/h1-3,7-8H. The minimum absolute atomic E-state index is 0.298. The van der Waals surface area contributed by atoms with Gasteiger partial charge >= 0.3 is 0 Å². The molecule has 1 aromatic rings. The highest BCUT2D eigenvalue weighted by atomic mass is 35.5. The van der Waals surface area contributed by atoms with Gasteiger partial charge in [0.2, 0.25) is 0 Å². The SMILES string of the molecule is [O]c1c(C(Cl)Cl)cccc1C(Cl)Cl. The Kier molecular flexibility index (Phi) is 3.99. The average molecular weight is 259 g/mol. The highest BCUT2D eigenvalue weighted by Gasteiger charge is 2.17. The van der Waals surface area contributed by atoms with Crippen molar-refractivity contribution in [2.45, 2.75) is 9.67 Å². The minimum Gasteiger partial charge on any atom is -0.289 e. The molecule has 1 nitrogen and oxygen atoms in total. The summed E-state index contributed by atoms with van der Waals surface area (Å²) in [6.45, 7) is 0. The predicted molar refractivity (Wildman–Crippen MR) is 55.5 cm³/mol. The van der Waals surface area contributed by atoms with Crippen LogP contribution in [0.15, 0.2) is 18.2 Å². The lowest BCUT2D eigenvalue weighted by Crippen LogP contribution is -1.88. The molecule has 0 unspecified atom stereocenters. The monoisotopic (exact) mass is 257 g/mol. The quantitative estimate of drug-likeness (QED) is 0.681. The van der Waals surface area contributed by atoms with E-state index < -0.39 is 9.67 Å². The van der Waals surface area contributed by atoms with Crippen LogP contribution in [0, 0.1) is 0 Å². The van der Waals surface area contributed by atoms with E-state index >= 15 is 0 Å². The zero-order valence-electron chi connectivity index (χ0n) is 6.31. The van der Waals surface area contributed by atoms with E-state index in [4.69, 9.17) is 46.4 Å². The van der Waals surface area contributed by atoms with Gasteiger partial charge in [-0.1, -0.05) is 64.6 Å². The normalized spacial score (nSPS) is 11.2. The number of alkyl halides is 4. The van der Waals surface area contributed by atoms with Crippen LogP contribution in [0.5, 0.6) is 5.75 Å². The third-order valence-corrected chi connectivity index (χ3v) is 2.49. The highest BCUT2D eigenvalue weighted by molar-refractivity contribution is 6.45. The van der Waals surface area contributed by atoms with E-state index in [1.807, 2.05) is 0 Å². The van der Waals surface area contributed by atoms with Crippen LogP contribution in [0.4, 0.5) is 0 Å². The van der Waals surface area contributed by atoms with E-state index in [-0.39, 0.29) is 5.75 Å². The van der Waals surface area contributed by atoms with Gasteiger partial charge in [0.1, 0.15) is 9.67 Å². The number of halogens is 4. The molecule has 0 saturated carbocycles. The molecular formula is C8H5Cl4O. The van der Waals surface area contributed by atoms with Gasteiger partial charge in [-0.25, -0.2) is 0 Å². The topological polar surface area (TPSA) is 19.9 Å². The summed E-state index contributed by atoms with van der Waals surface area (Å²) in [7, 11) is 0. The van der Waals surface area contributed by atoms with Crippen LogP contribution < -0.4 is 0 Å². The molecule has 71 valence electrons. The predicted octanol–water partition coefficient (Wildman–Crippen LogP) is 4.78. The van der Waals surface area contributed by atoms with Gasteiger partial charge in [0.15, 0.2) is 5.75 Å². The van der Waals surface area contributed by atoms with Gasteiger partial charge in [0, 0.05) is 11.1 Å². The van der Waals surface area contributed by atoms with E-state index in [9.17, 15) is 5.11 Å². The fraction of sp³-hybridized carbons (Fsp3) is 0.250. The minimum atomic E-state index is -0.848. The van der Waals surface area contributed by atoms with Crippen molar-refractivity contribution in [3.8, 4) is 5.75 Å². The Labute approximate surface area is 96.2 Å². The van der Waals surface area contributed by atoms with Crippen LogP contribution in [-0.4, -0.2) is 0 Å². The molecule has 1 aromatic carbocycles. The van der Waals surface area contributed by atoms with Crippen molar-refractivity contribution in [2.24, 2.45) is 0 Å². The molecule has 0 N–H and O–H groups in total. The fourth-order valence-electron chi connectivity index (χ4n) is 0.917. The van der Waals surface area contributed by atoms with Gasteiger partial charge in [-0.15, -0.1) is 0 Å². The highest BCUT2D eigenvalue weighted by Crippen LogP contribution is 2.39. The summed E-state index contributed by atoms with van der Waals surface area (Å²) in [6.07, 6.45) is 0. The van der Waals surface area contributed by atoms with Crippen molar-refractivity contribution in [1.29, 1.82) is 0 Å². The third kappa shape index (κ3) is 2.57. The molecular weight excluding hydrogens is 254 g/mol. The first-order chi connectivity index (χ1) is 6.04. The average Bonchev–Trinajstić information content (AvgIpc) is 2.03. The first-order valence-electron chi connectivity index (χ1n) is 3.40. The Balaban J connectivity index is 3.18. The Morgan fingerprint density at radius 3 is 1.62 bits per heavy atom. The van der Waals surface area contributed by atoms with Crippen molar-refractivity contribution in [3.05, 3.63) is 29.3 Å². The number of hydrogen-bond acceptors (Lipinski definition) is 0. The first kappa shape index (κ1) is 11.3. The number of hydrogen-bond donors (Lipinski definition) is 0. The lowest BCUT2D eigenvalue weighted by molar-refractivity contribution is 0.347. The molecule has 0 aliphatic rings. The van der Waals surface area contributed by atoms with Gasteiger partial charge in [-0.3, -0.25) is 5.11 Å². The lowest BCUT2D eigenvalue weighted by atomic mass is 10.1. The maximum absolute atomic E-state index is 11.5. The Morgan fingerprint density at radius 2 is 1.31 bits per heavy atom. The van der Waals surface area contributed by atoms with Crippen LogP contribution >= 0.6 is 46.4 Å². The Bertz CT molecular complexity index is 272. The molecule has 0 aromatic heterocycles. The van der Waals surface area contributed by atoms with Crippen molar-refractivity contribution in [2.75, 3.05) is 0 Å². The van der Waals surface area contributed by atoms with Crippen molar-refractivity contribution in [3.63, 3.8) is 0 Å². The zero-order chi connectivity index (χ0) is 10.0. The van der Waals surface area contributed by atoms with Crippen molar-refractivity contribution >= 4 is 46.4 Å². The van der Waals surface area contributed by atoms with Gasteiger partial charge < -0.3 is 0 Å². The van der Waals surface area contributed by atoms with Gasteiger partial charge in [0.25, 0.3) is 0 Å². The van der Waals surface area contributed by atoms with E-state index in [2.05, 4.69) is 0 Å². The van der Waals surface area contributed by atoms with Crippen LogP contribution in [0.1, 0.15) is 20.8 Å². The second-order valence-electron chi connectivity index (χ2n) is 2.37. The molecule has 5 heteroatoms. The third-order valence-electron chi connectivity index (χ3n) is 1.55. The second kappa shape index (κ2) is 4.61. The fourth-order valence-corrected chi connectivity index (χ4v) is 1.60. The molecule has 0 atom stereocenters. The van der Waals surface area contributed by atoms with E-state index in [1.54, 1.807) is 18.2 Å². The molecule has 0 heterocycles. The summed E-state index contributed by atoms with van der Waals surface area (Å²) in [5.41, 5.74) is 0.597. The summed E-state index contributed by atoms with van der Waals surface area (Å²) in [5.74, 6) is -0.299. The largest absolute Gasteiger partial charge is 0.289 e. The summed E-state index contributed by atoms with van der Waals surface area (Å²) in [5, 5.41) is 11.5. The van der Waals surface area contributed by atoms with Crippen LogP contribution in [0.2, 0.25) is 0 Å². The van der Waals surface area contributed by atoms with Crippen molar-refractivity contribution < 1.29 is 5.11 Å². The van der Waals surface area contributed by atoms with E-state index in [0.717, 1.165) is 0 Å². The van der Waals surface area contributed by atoms with E-state index in [0.29, 0.717) is 11.1 Å². The van der Waals surface area contributed by atoms with Crippen LogP contribution in [0.25, 0.3) is 0 Å². The Hall–Kier alpha value is 0.180. The summed E-state index contributed by atoms with van der Waals surface area (Å²) >= 11 is 22.3. The smallest absolute Gasteiger partial charge is 0.190 e. The molecule has 0 fully saturated rings. The molecule has 0 bridgehead atoms. The second-order valence-corrected chi connectivity index (χ2v) is 4.56. The molecule has 0 aliphatic heterocycles. The van der Waals surface area contributed by atoms with Crippen LogP contribution in [-0.2, 0) is 5.11 Å². The molecule has 0 spiro atoms. The van der Waals surface area contributed by atoms with Crippen LogP contribution in [0.3, 0.4) is 0 Å². The maximum atomic E-state index is 11.5. The zero-order valence-corrected chi connectivity index (χ0v) is 9.33. The van der Waals surface area contributed by atoms with Gasteiger partial charge in [-0.2, -0.15) is 0 Å². The lowest BCUT2D eigenvalue weighted by Gasteiger charge is -2.07. The van der Waals surface area contributed by atoms with E-state index in [1.165, 1.54) is 0 Å². The number of rotatable bonds is 2. The molecule has 0 saturated heterocycles. The molecule has 0 aliphatic carbocycles. The van der Waals surface area contributed by atoms with Gasteiger partial charge in [0.05, 0.1) is 0 Å². The summed E-state index contributed by atoms with van der Waals surface area (Å²) < 4.78 is 0. The summed E-state index contributed by atoms with van der Waals surface area (Å²) in [4.78, 5) is -1.70. The summed E-state index contributed by atoms with van der Waals surface area (Å²) in [6, 6.07) is 4.74. The Morgan fingerprint density at radius 1 is 0.923 bits per heavy atom. The van der Waals surface area contributed by atoms with Crippen molar-refractivity contribution in [1.82, 2.24) is 0 Å².